The molecule has 0 saturated heterocycles. The number of fused-ring (bicyclic) bond motifs is 1. The molecular formula is C12H17N3O3. The van der Waals surface area contributed by atoms with Crippen molar-refractivity contribution in [1.82, 2.24) is 0 Å². The third-order valence-electron chi connectivity index (χ3n) is 2.42. The fourth-order valence-electron chi connectivity index (χ4n) is 1.60. The van der Waals surface area contributed by atoms with Gasteiger partial charge in [-0.3, -0.25) is 4.99 Å². The van der Waals surface area contributed by atoms with E-state index in [0.29, 0.717) is 32.1 Å². The summed E-state index contributed by atoms with van der Waals surface area (Å²) < 4.78 is 10.7. The number of amidine groups is 1. The first kappa shape index (κ1) is 12.7. The van der Waals surface area contributed by atoms with Crippen LogP contribution < -0.4 is 15.8 Å². The SMILES string of the molecule is Nc1ccc2c(c1)OCC(=NCCOCCO)N2. The lowest BCUT2D eigenvalue weighted by atomic mass is 10.2. The summed E-state index contributed by atoms with van der Waals surface area (Å²) in [5.41, 5.74) is 7.21. The zero-order chi connectivity index (χ0) is 12.8. The van der Waals surface area contributed by atoms with Gasteiger partial charge in [0.15, 0.2) is 0 Å². The number of nitrogens with zero attached hydrogens (tertiary/aromatic N) is 1. The van der Waals surface area contributed by atoms with E-state index < -0.39 is 0 Å². The molecule has 1 aliphatic heterocycles. The number of ether oxygens (including phenoxy) is 2. The molecular weight excluding hydrogens is 234 g/mol. The first-order valence-corrected chi connectivity index (χ1v) is 5.81. The lowest BCUT2D eigenvalue weighted by molar-refractivity contribution is 0.0977. The third kappa shape index (κ3) is 3.35. The Kier molecular flexibility index (Phi) is 4.38. The van der Waals surface area contributed by atoms with Gasteiger partial charge < -0.3 is 25.6 Å². The van der Waals surface area contributed by atoms with E-state index in [1.807, 2.05) is 12.1 Å². The predicted molar refractivity (Wildman–Crippen MR) is 70.2 cm³/mol. The van der Waals surface area contributed by atoms with Crippen LogP contribution in [0.3, 0.4) is 0 Å². The molecule has 0 unspecified atom stereocenters. The van der Waals surface area contributed by atoms with Crippen molar-refractivity contribution in [2.75, 3.05) is 44.0 Å². The fourth-order valence-corrected chi connectivity index (χ4v) is 1.60. The lowest BCUT2D eigenvalue weighted by Crippen LogP contribution is -2.26. The fraction of sp³-hybridized carbons (Fsp3) is 0.417. The van der Waals surface area contributed by atoms with Crippen molar-refractivity contribution >= 4 is 17.2 Å². The summed E-state index contributed by atoms with van der Waals surface area (Å²) in [6.45, 7) is 1.80. The molecule has 6 heteroatoms. The van der Waals surface area contributed by atoms with Gasteiger partial charge in [-0.05, 0) is 12.1 Å². The van der Waals surface area contributed by atoms with Crippen LogP contribution in [0.1, 0.15) is 0 Å². The average molecular weight is 251 g/mol. The van der Waals surface area contributed by atoms with Crippen LogP contribution >= 0.6 is 0 Å². The summed E-state index contributed by atoms with van der Waals surface area (Å²) >= 11 is 0. The minimum atomic E-state index is 0.0345. The molecule has 0 aromatic heterocycles. The predicted octanol–water partition coefficient (Wildman–Crippen LogP) is 0.481. The molecule has 6 nitrogen and oxygen atoms in total. The van der Waals surface area contributed by atoms with Crippen LogP contribution in [0.5, 0.6) is 5.75 Å². The van der Waals surface area contributed by atoms with Gasteiger partial charge in [0.25, 0.3) is 0 Å². The van der Waals surface area contributed by atoms with Crippen LogP contribution in [-0.2, 0) is 4.74 Å². The zero-order valence-corrected chi connectivity index (χ0v) is 10.1. The largest absolute Gasteiger partial charge is 0.483 e. The van der Waals surface area contributed by atoms with Crippen LogP contribution in [0.4, 0.5) is 11.4 Å². The van der Waals surface area contributed by atoms with Gasteiger partial charge in [-0.2, -0.15) is 0 Å². The van der Waals surface area contributed by atoms with Crippen LogP contribution in [0.15, 0.2) is 23.2 Å². The molecule has 1 aromatic carbocycles. The van der Waals surface area contributed by atoms with Crippen molar-refractivity contribution < 1.29 is 14.6 Å². The molecule has 0 spiro atoms. The van der Waals surface area contributed by atoms with Gasteiger partial charge in [-0.25, -0.2) is 0 Å². The Morgan fingerprint density at radius 2 is 2.33 bits per heavy atom. The Hall–Kier alpha value is -1.79. The molecule has 18 heavy (non-hydrogen) atoms. The van der Waals surface area contributed by atoms with Crippen LogP contribution in [0.25, 0.3) is 0 Å². The molecule has 0 aliphatic carbocycles. The number of nitrogen functional groups attached to an aromatic ring is 1. The van der Waals surface area contributed by atoms with E-state index in [-0.39, 0.29) is 6.61 Å². The highest BCUT2D eigenvalue weighted by Crippen LogP contribution is 2.29. The number of anilines is 2. The van der Waals surface area contributed by atoms with Crippen LogP contribution in [0, 0.1) is 0 Å². The maximum Gasteiger partial charge on any atom is 0.146 e. The van der Waals surface area contributed by atoms with Gasteiger partial charge in [0.05, 0.1) is 32.1 Å². The number of aliphatic hydroxyl groups excluding tert-OH is 1. The second-order valence-electron chi connectivity index (χ2n) is 3.83. The number of aliphatic hydroxyl groups is 1. The molecule has 2 rings (SSSR count). The summed E-state index contributed by atoms with van der Waals surface area (Å²) in [6.07, 6.45) is 0. The smallest absolute Gasteiger partial charge is 0.146 e. The van der Waals surface area contributed by atoms with Gasteiger partial charge in [0.2, 0.25) is 0 Å². The Bertz CT molecular complexity index is 435. The lowest BCUT2D eigenvalue weighted by Gasteiger charge is -2.21. The highest BCUT2D eigenvalue weighted by Gasteiger charge is 2.13. The van der Waals surface area contributed by atoms with E-state index in [0.717, 1.165) is 17.3 Å². The van der Waals surface area contributed by atoms with Crippen molar-refractivity contribution in [3.8, 4) is 5.75 Å². The van der Waals surface area contributed by atoms with Gasteiger partial charge in [-0.1, -0.05) is 0 Å². The average Bonchev–Trinajstić information content (AvgIpc) is 2.38. The van der Waals surface area contributed by atoms with Crippen molar-refractivity contribution in [2.24, 2.45) is 4.99 Å². The number of benzene rings is 1. The molecule has 0 bridgehead atoms. The number of hydrogen-bond donors (Lipinski definition) is 3. The topological polar surface area (TPSA) is 89.1 Å². The third-order valence-corrected chi connectivity index (χ3v) is 2.42. The Morgan fingerprint density at radius 1 is 1.44 bits per heavy atom. The van der Waals surface area contributed by atoms with E-state index in [1.54, 1.807) is 6.07 Å². The first-order chi connectivity index (χ1) is 8.79. The Balaban J connectivity index is 1.87. The molecule has 1 aliphatic rings. The molecule has 0 amide bonds. The molecule has 0 radical (unpaired) electrons. The minimum Gasteiger partial charge on any atom is -0.483 e. The normalized spacial score (nSPS) is 15.9. The van der Waals surface area contributed by atoms with E-state index in [1.165, 1.54) is 0 Å². The second-order valence-corrected chi connectivity index (χ2v) is 3.83. The number of nitrogens with one attached hydrogen (secondary N) is 1. The Morgan fingerprint density at radius 3 is 3.17 bits per heavy atom. The van der Waals surface area contributed by atoms with Gasteiger partial charge in [0, 0.05) is 11.8 Å². The van der Waals surface area contributed by atoms with Crippen LogP contribution in [0.2, 0.25) is 0 Å². The standard InChI is InChI=1S/C12H17N3O3/c13-9-1-2-10-11(7-9)18-8-12(15-10)14-3-5-17-6-4-16/h1-2,7,16H,3-6,8,13H2,(H,14,15). The number of nitrogens with two attached hydrogens (primary N) is 1. The first-order valence-electron chi connectivity index (χ1n) is 5.81. The van der Waals surface area contributed by atoms with Gasteiger partial charge in [0.1, 0.15) is 18.2 Å². The van der Waals surface area contributed by atoms with E-state index in [4.69, 9.17) is 20.3 Å². The van der Waals surface area contributed by atoms with E-state index >= 15 is 0 Å². The molecule has 0 saturated carbocycles. The number of hydrogen-bond acceptors (Lipinski definition) is 5. The van der Waals surface area contributed by atoms with Crippen molar-refractivity contribution in [3.05, 3.63) is 18.2 Å². The highest BCUT2D eigenvalue weighted by atomic mass is 16.5. The van der Waals surface area contributed by atoms with Crippen molar-refractivity contribution in [2.45, 2.75) is 0 Å². The monoisotopic (exact) mass is 251 g/mol. The second kappa shape index (κ2) is 6.23. The van der Waals surface area contributed by atoms with E-state index in [2.05, 4.69) is 10.3 Å². The Labute approximate surface area is 105 Å². The van der Waals surface area contributed by atoms with Gasteiger partial charge in [-0.15, -0.1) is 0 Å². The molecule has 98 valence electrons. The summed E-state index contributed by atoms with van der Waals surface area (Å²) in [4.78, 5) is 4.32. The minimum absolute atomic E-state index is 0.0345. The highest BCUT2D eigenvalue weighted by molar-refractivity contribution is 5.99. The summed E-state index contributed by atoms with van der Waals surface area (Å²) in [6, 6.07) is 5.45. The quantitative estimate of drug-likeness (QED) is 0.523. The van der Waals surface area contributed by atoms with Crippen molar-refractivity contribution in [1.29, 1.82) is 0 Å². The number of rotatable bonds is 5. The molecule has 0 fully saturated rings. The zero-order valence-electron chi connectivity index (χ0n) is 10.1. The van der Waals surface area contributed by atoms with Gasteiger partial charge >= 0.3 is 0 Å². The van der Waals surface area contributed by atoms with Crippen LogP contribution in [-0.4, -0.2) is 43.9 Å². The molecule has 1 aromatic rings. The molecule has 4 N–H and O–H groups in total. The van der Waals surface area contributed by atoms with E-state index in [9.17, 15) is 0 Å². The summed E-state index contributed by atoms with van der Waals surface area (Å²) in [5.74, 6) is 1.50. The number of aliphatic imine (C=N–C) groups is 1. The maximum atomic E-state index is 8.54. The molecule has 1 heterocycles. The molecule has 0 atom stereocenters. The summed E-state index contributed by atoms with van der Waals surface area (Å²) in [7, 11) is 0. The summed E-state index contributed by atoms with van der Waals surface area (Å²) in [5, 5.41) is 11.7. The van der Waals surface area contributed by atoms with Crippen molar-refractivity contribution in [3.63, 3.8) is 0 Å². The maximum absolute atomic E-state index is 8.54.